The maximum atomic E-state index is 5.42. The number of nitrogens with zero attached hydrogens (tertiary/aromatic N) is 1. The zero-order valence-electron chi connectivity index (χ0n) is 10.6. The van der Waals surface area contributed by atoms with E-state index in [4.69, 9.17) is 10.5 Å². The first-order chi connectivity index (χ1) is 7.74. The largest absolute Gasteiger partial charge is 0.379 e. The Morgan fingerprint density at radius 3 is 2.71 bits per heavy atom. The van der Waals surface area contributed by atoms with E-state index in [2.05, 4.69) is 36.3 Å². The van der Waals surface area contributed by atoms with Crippen LogP contribution < -0.4 is 5.73 Å². The number of thiophene rings is 1. The van der Waals surface area contributed by atoms with Gasteiger partial charge in [0.05, 0.1) is 13.2 Å². The van der Waals surface area contributed by atoms with E-state index in [-0.39, 0.29) is 12.4 Å². The second kappa shape index (κ2) is 9.85. The van der Waals surface area contributed by atoms with Gasteiger partial charge >= 0.3 is 0 Å². The molecular weight excluding hydrogens is 256 g/mol. The zero-order chi connectivity index (χ0) is 11.8. The highest BCUT2D eigenvalue weighted by Gasteiger charge is 2.10. The molecule has 0 saturated heterocycles. The molecule has 0 amide bonds. The molecule has 0 aliphatic rings. The molecule has 0 aromatic carbocycles. The lowest BCUT2D eigenvalue weighted by atomic mass is 10.3. The predicted octanol–water partition coefficient (Wildman–Crippen LogP) is 2.36. The number of hydrogen-bond donors (Lipinski definition) is 1. The Morgan fingerprint density at radius 2 is 2.18 bits per heavy atom. The summed E-state index contributed by atoms with van der Waals surface area (Å²) in [7, 11) is 0. The molecule has 3 nitrogen and oxygen atoms in total. The highest BCUT2D eigenvalue weighted by Crippen LogP contribution is 2.13. The van der Waals surface area contributed by atoms with Crippen LogP contribution >= 0.6 is 23.7 Å². The summed E-state index contributed by atoms with van der Waals surface area (Å²) in [5.41, 5.74) is 5.38. The summed E-state index contributed by atoms with van der Waals surface area (Å²) in [5.74, 6) is 0. The molecule has 1 rings (SSSR count). The second-order valence-corrected chi connectivity index (χ2v) is 5.08. The van der Waals surface area contributed by atoms with Crippen LogP contribution in [0, 0.1) is 0 Å². The van der Waals surface area contributed by atoms with Gasteiger partial charge in [0, 0.05) is 30.6 Å². The molecule has 0 fully saturated rings. The molecule has 1 aromatic rings. The van der Waals surface area contributed by atoms with Crippen molar-refractivity contribution < 1.29 is 4.74 Å². The van der Waals surface area contributed by atoms with Gasteiger partial charge in [-0.3, -0.25) is 4.90 Å². The first-order valence-electron chi connectivity index (χ1n) is 5.78. The van der Waals surface area contributed by atoms with Gasteiger partial charge in [-0.2, -0.15) is 0 Å². The van der Waals surface area contributed by atoms with Crippen LogP contribution in [0.15, 0.2) is 17.5 Å². The lowest BCUT2D eigenvalue weighted by Gasteiger charge is -2.25. The number of nitrogens with two attached hydrogens (primary N) is 1. The molecule has 1 aromatic heterocycles. The predicted molar refractivity (Wildman–Crippen MR) is 77.0 cm³/mol. The van der Waals surface area contributed by atoms with Gasteiger partial charge in [-0.25, -0.2) is 0 Å². The van der Waals surface area contributed by atoms with E-state index in [9.17, 15) is 0 Å². The van der Waals surface area contributed by atoms with Crippen LogP contribution in [0.2, 0.25) is 0 Å². The van der Waals surface area contributed by atoms with Crippen LogP contribution in [0.25, 0.3) is 0 Å². The van der Waals surface area contributed by atoms with E-state index < -0.39 is 0 Å². The van der Waals surface area contributed by atoms with Gasteiger partial charge in [-0.05, 0) is 25.3 Å². The molecule has 0 spiro atoms. The summed E-state index contributed by atoms with van der Waals surface area (Å²) < 4.78 is 5.42. The minimum atomic E-state index is 0. The topological polar surface area (TPSA) is 38.5 Å². The molecule has 5 heteroatoms. The monoisotopic (exact) mass is 278 g/mol. The average molecular weight is 279 g/mol. The molecule has 0 unspecified atom stereocenters. The van der Waals surface area contributed by atoms with Crippen LogP contribution in [0.3, 0.4) is 0 Å². The Kier molecular flexibility index (Phi) is 9.78. The lowest BCUT2D eigenvalue weighted by Crippen LogP contribution is -2.33. The van der Waals surface area contributed by atoms with E-state index in [0.717, 1.165) is 19.7 Å². The quantitative estimate of drug-likeness (QED) is 0.742. The third-order valence-corrected chi connectivity index (χ3v) is 3.32. The maximum Gasteiger partial charge on any atom is 0.0594 e. The van der Waals surface area contributed by atoms with Crippen LogP contribution in [-0.2, 0) is 11.3 Å². The smallest absolute Gasteiger partial charge is 0.0594 e. The van der Waals surface area contributed by atoms with E-state index >= 15 is 0 Å². The molecule has 0 bridgehead atoms. The fourth-order valence-corrected chi connectivity index (χ4v) is 2.22. The Morgan fingerprint density at radius 1 is 1.41 bits per heavy atom. The third kappa shape index (κ3) is 7.01. The minimum absolute atomic E-state index is 0. The molecule has 100 valence electrons. The van der Waals surface area contributed by atoms with Crippen molar-refractivity contribution >= 4 is 23.7 Å². The Labute approximate surface area is 114 Å². The molecule has 0 aliphatic heterocycles. The van der Waals surface area contributed by atoms with Gasteiger partial charge in [0.2, 0.25) is 0 Å². The summed E-state index contributed by atoms with van der Waals surface area (Å²) in [6, 6.07) is 4.83. The number of halogens is 1. The van der Waals surface area contributed by atoms with Crippen molar-refractivity contribution in [2.24, 2.45) is 5.73 Å². The number of ether oxygens (including phenoxy) is 1. The van der Waals surface area contributed by atoms with Crippen LogP contribution in [0.1, 0.15) is 18.7 Å². The standard InChI is InChI=1S/C12H22N2OS.ClH/c1-11(2)14(6-8-15-7-5-13)10-12-4-3-9-16-12;/h3-4,9,11H,5-8,10,13H2,1-2H3;1H. The summed E-state index contributed by atoms with van der Waals surface area (Å²) in [6.07, 6.45) is 0. The average Bonchev–Trinajstić information content (AvgIpc) is 2.75. The first-order valence-corrected chi connectivity index (χ1v) is 6.66. The van der Waals surface area contributed by atoms with E-state index in [1.165, 1.54) is 4.88 Å². The van der Waals surface area contributed by atoms with Gasteiger partial charge in [-0.15, -0.1) is 23.7 Å². The van der Waals surface area contributed by atoms with Crippen molar-refractivity contribution in [2.45, 2.75) is 26.4 Å². The molecule has 0 radical (unpaired) electrons. The molecule has 0 atom stereocenters. The Hall–Kier alpha value is -0.130. The molecule has 17 heavy (non-hydrogen) atoms. The molecule has 0 aliphatic carbocycles. The summed E-state index contributed by atoms with van der Waals surface area (Å²) >= 11 is 1.81. The second-order valence-electron chi connectivity index (χ2n) is 4.04. The Balaban J connectivity index is 0.00000256. The van der Waals surface area contributed by atoms with Gasteiger partial charge in [-0.1, -0.05) is 6.07 Å². The minimum Gasteiger partial charge on any atom is -0.379 e. The Bertz CT molecular complexity index is 267. The fraction of sp³-hybridized carbons (Fsp3) is 0.667. The van der Waals surface area contributed by atoms with Crippen molar-refractivity contribution in [1.29, 1.82) is 0 Å². The highest BCUT2D eigenvalue weighted by molar-refractivity contribution is 7.09. The normalized spacial score (nSPS) is 10.9. The van der Waals surface area contributed by atoms with Crippen molar-refractivity contribution in [3.8, 4) is 0 Å². The van der Waals surface area contributed by atoms with Gasteiger partial charge in [0.25, 0.3) is 0 Å². The lowest BCUT2D eigenvalue weighted by molar-refractivity contribution is 0.0944. The zero-order valence-corrected chi connectivity index (χ0v) is 12.2. The highest BCUT2D eigenvalue weighted by atomic mass is 35.5. The first kappa shape index (κ1) is 16.9. The van der Waals surface area contributed by atoms with Crippen LogP contribution in [0.4, 0.5) is 0 Å². The van der Waals surface area contributed by atoms with E-state index in [1.54, 1.807) is 0 Å². The molecule has 1 heterocycles. The van der Waals surface area contributed by atoms with E-state index in [0.29, 0.717) is 19.2 Å². The van der Waals surface area contributed by atoms with Gasteiger partial charge in [0.1, 0.15) is 0 Å². The SMILES string of the molecule is CC(C)N(CCOCCN)Cc1cccs1.Cl. The molecular formula is C12H23ClN2OS. The van der Waals surface area contributed by atoms with Crippen molar-refractivity contribution in [1.82, 2.24) is 4.90 Å². The number of rotatable bonds is 8. The maximum absolute atomic E-state index is 5.42. The van der Waals surface area contributed by atoms with Crippen LogP contribution in [-0.4, -0.2) is 37.2 Å². The van der Waals surface area contributed by atoms with Crippen molar-refractivity contribution in [3.05, 3.63) is 22.4 Å². The van der Waals surface area contributed by atoms with Gasteiger partial charge in [0.15, 0.2) is 0 Å². The molecule has 2 N–H and O–H groups in total. The fourth-order valence-electron chi connectivity index (χ4n) is 1.49. The summed E-state index contributed by atoms with van der Waals surface area (Å²) in [4.78, 5) is 3.83. The summed E-state index contributed by atoms with van der Waals surface area (Å²) in [6.45, 7) is 8.45. The van der Waals surface area contributed by atoms with Crippen LogP contribution in [0.5, 0.6) is 0 Å². The van der Waals surface area contributed by atoms with Gasteiger partial charge < -0.3 is 10.5 Å². The molecule has 0 saturated carbocycles. The number of hydrogen-bond acceptors (Lipinski definition) is 4. The van der Waals surface area contributed by atoms with Crippen molar-refractivity contribution in [2.75, 3.05) is 26.3 Å². The van der Waals surface area contributed by atoms with E-state index in [1.807, 2.05) is 11.3 Å². The van der Waals surface area contributed by atoms with Crippen molar-refractivity contribution in [3.63, 3.8) is 0 Å². The summed E-state index contributed by atoms with van der Waals surface area (Å²) in [5, 5.41) is 2.12. The third-order valence-electron chi connectivity index (χ3n) is 2.45.